The molecule has 0 fully saturated rings. The second kappa shape index (κ2) is 3.67. The smallest absolute Gasteiger partial charge is 0.346 e. The van der Waals surface area contributed by atoms with Crippen molar-refractivity contribution in [2.45, 2.75) is 13.3 Å². The van der Waals surface area contributed by atoms with Gasteiger partial charge in [0, 0.05) is 0 Å². The fourth-order valence-electron chi connectivity index (χ4n) is 0.385. The first-order valence-electron chi connectivity index (χ1n) is 2.56. The zero-order valence-corrected chi connectivity index (χ0v) is 5.09. The van der Waals surface area contributed by atoms with E-state index in [0.29, 0.717) is 6.42 Å². The largest absolute Gasteiger partial charge is 0.477 e. The summed E-state index contributed by atoms with van der Waals surface area (Å²) in [5.74, 6) is -1.15. The molecule has 0 atom stereocenters. The zero-order valence-electron chi connectivity index (χ0n) is 5.09. The normalized spacial score (nSPS) is 10.4. The minimum atomic E-state index is -1.15. The van der Waals surface area contributed by atoms with E-state index < -0.39 is 5.97 Å². The average Bonchev–Trinajstić information content (AvgIpc) is 1.82. The minimum Gasteiger partial charge on any atom is -0.477 e. The van der Waals surface area contributed by atoms with Gasteiger partial charge >= 0.3 is 5.97 Å². The average molecular weight is 125 g/mol. The summed E-state index contributed by atoms with van der Waals surface area (Å²) in [6.07, 6.45) is 1.96. The summed E-state index contributed by atoms with van der Waals surface area (Å²) in [5, 5.41) is 16.3. The van der Waals surface area contributed by atoms with Crippen LogP contribution in [0.15, 0.2) is 11.6 Å². The molecule has 0 amide bonds. The molecule has 0 radical (unpaired) electrons. The molecule has 0 aromatic carbocycles. The first-order chi connectivity index (χ1) is 4.22. The van der Waals surface area contributed by atoms with Crippen molar-refractivity contribution in [3.8, 4) is 6.07 Å². The van der Waals surface area contributed by atoms with Gasteiger partial charge in [0.1, 0.15) is 11.6 Å². The zero-order chi connectivity index (χ0) is 7.28. The maximum absolute atomic E-state index is 10.0. The molecule has 0 saturated heterocycles. The van der Waals surface area contributed by atoms with Crippen LogP contribution in [0.3, 0.4) is 0 Å². The van der Waals surface area contributed by atoms with E-state index in [-0.39, 0.29) is 5.57 Å². The van der Waals surface area contributed by atoms with Gasteiger partial charge in [-0.15, -0.1) is 0 Å². The van der Waals surface area contributed by atoms with Crippen molar-refractivity contribution in [1.82, 2.24) is 0 Å². The lowest BCUT2D eigenvalue weighted by atomic mass is 10.2. The number of rotatable bonds is 2. The Bertz CT molecular complexity index is 176. The maximum atomic E-state index is 10.0. The van der Waals surface area contributed by atoms with Crippen molar-refractivity contribution in [3.05, 3.63) is 11.6 Å². The van der Waals surface area contributed by atoms with Crippen LogP contribution in [-0.2, 0) is 4.79 Å². The highest BCUT2D eigenvalue weighted by Gasteiger charge is 2.01. The number of hydrogen-bond donors (Lipinski definition) is 1. The van der Waals surface area contributed by atoms with Crippen molar-refractivity contribution in [2.24, 2.45) is 0 Å². The Balaban J connectivity index is 4.20. The van der Waals surface area contributed by atoms with E-state index in [4.69, 9.17) is 10.4 Å². The number of allylic oxidation sites excluding steroid dienone is 1. The fourth-order valence-corrected chi connectivity index (χ4v) is 0.385. The van der Waals surface area contributed by atoms with Gasteiger partial charge in [0.25, 0.3) is 0 Å². The topological polar surface area (TPSA) is 61.1 Å². The van der Waals surface area contributed by atoms with Gasteiger partial charge in [-0.05, 0) is 6.42 Å². The molecule has 0 heterocycles. The Morgan fingerprint density at radius 1 is 1.89 bits per heavy atom. The first-order valence-corrected chi connectivity index (χ1v) is 2.56. The quantitative estimate of drug-likeness (QED) is 0.441. The summed E-state index contributed by atoms with van der Waals surface area (Å²) >= 11 is 0. The SMILES string of the molecule is CC/C=C(\C#N)C(=O)O. The highest BCUT2D eigenvalue weighted by molar-refractivity contribution is 5.90. The standard InChI is InChI=1S/C6H7NO2/c1-2-3-5(4-7)6(8)9/h3H,2H2,1H3,(H,8,9)/b5-3+. The molecule has 0 aromatic rings. The van der Waals surface area contributed by atoms with E-state index in [1.54, 1.807) is 13.0 Å². The monoisotopic (exact) mass is 125 g/mol. The third kappa shape index (κ3) is 2.50. The van der Waals surface area contributed by atoms with Gasteiger partial charge in [-0.25, -0.2) is 4.79 Å². The van der Waals surface area contributed by atoms with Gasteiger partial charge in [0.2, 0.25) is 0 Å². The van der Waals surface area contributed by atoms with Crippen LogP contribution in [0.2, 0.25) is 0 Å². The van der Waals surface area contributed by atoms with Crippen LogP contribution in [-0.4, -0.2) is 11.1 Å². The van der Waals surface area contributed by atoms with Crippen LogP contribution >= 0.6 is 0 Å². The Morgan fingerprint density at radius 3 is 2.56 bits per heavy atom. The van der Waals surface area contributed by atoms with Crippen LogP contribution in [0.4, 0.5) is 0 Å². The van der Waals surface area contributed by atoms with Crippen LogP contribution in [0.5, 0.6) is 0 Å². The molecule has 0 rings (SSSR count). The van der Waals surface area contributed by atoms with Crippen LogP contribution in [0, 0.1) is 11.3 Å². The van der Waals surface area contributed by atoms with Gasteiger partial charge in [-0.1, -0.05) is 13.0 Å². The number of aliphatic carboxylic acids is 1. The Hall–Kier alpha value is -1.30. The fraction of sp³-hybridized carbons (Fsp3) is 0.333. The molecule has 0 aromatic heterocycles. The number of carboxylic acids is 1. The summed E-state index contributed by atoms with van der Waals surface area (Å²) in [4.78, 5) is 10.0. The molecule has 1 N–H and O–H groups in total. The molecule has 9 heavy (non-hydrogen) atoms. The van der Waals surface area contributed by atoms with Crippen molar-refractivity contribution in [1.29, 1.82) is 5.26 Å². The second-order valence-corrected chi connectivity index (χ2v) is 1.44. The third-order valence-corrected chi connectivity index (χ3v) is 0.759. The van der Waals surface area contributed by atoms with E-state index in [9.17, 15) is 4.79 Å². The lowest BCUT2D eigenvalue weighted by molar-refractivity contribution is -0.132. The van der Waals surface area contributed by atoms with Crippen molar-refractivity contribution >= 4 is 5.97 Å². The Kier molecular flexibility index (Phi) is 3.14. The lowest BCUT2D eigenvalue weighted by Crippen LogP contribution is -1.96. The predicted octanol–water partition coefficient (Wildman–Crippen LogP) is 0.931. The summed E-state index contributed by atoms with van der Waals surface area (Å²) < 4.78 is 0. The highest BCUT2D eigenvalue weighted by Crippen LogP contribution is 1.93. The summed E-state index contributed by atoms with van der Waals surface area (Å²) in [5.41, 5.74) is -0.183. The van der Waals surface area contributed by atoms with Gasteiger partial charge < -0.3 is 5.11 Å². The molecule has 0 unspecified atom stereocenters. The third-order valence-electron chi connectivity index (χ3n) is 0.759. The predicted molar refractivity (Wildman–Crippen MR) is 31.6 cm³/mol. The summed E-state index contributed by atoms with van der Waals surface area (Å²) in [7, 11) is 0. The van der Waals surface area contributed by atoms with E-state index in [0.717, 1.165) is 0 Å². The van der Waals surface area contributed by atoms with Gasteiger partial charge in [0.05, 0.1) is 0 Å². The van der Waals surface area contributed by atoms with Crippen molar-refractivity contribution in [3.63, 3.8) is 0 Å². The summed E-state index contributed by atoms with van der Waals surface area (Å²) in [6.45, 7) is 1.78. The van der Waals surface area contributed by atoms with E-state index in [1.807, 2.05) is 0 Å². The second-order valence-electron chi connectivity index (χ2n) is 1.44. The van der Waals surface area contributed by atoms with Gasteiger partial charge in [-0.3, -0.25) is 0 Å². The molecule has 3 nitrogen and oxygen atoms in total. The molecule has 0 aliphatic heterocycles. The number of carboxylic acid groups (broad SMARTS) is 1. The van der Waals surface area contributed by atoms with Crippen molar-refractivity contribution in [2.75, 3.05) is 0 Å². The molecule has 0 bridgehead atoms. The first kappa shape index (κ1) is 7.70. The molecule has 0 saturated carbocycles. The molecular weight excluding hydrogens is 118 g/mol. The number of nitriles is 1. The van der Waals surface area contributed by atoms with Crippen LogP contribution < -0.4 is 0 Å². The van der Waals surface area contributed by atoms with E-state index in [1.165, 1.54) is 6.08 Å². The lowest BCUT2D eigenvalue weighted by Gasteiger charge is -1.84. The molecule has 0 aliphatic carbocycles. The highest BCUT2D eigenvalue weighted by atomic mass is 16.4. The van der Waals surface area contributed by atoms with E-state index in [2.05, 4.69) is 0 Å². The Morgan fingerprint density at radius 2 is 2.44 bits per heavy atom. The molecule has 48 valence electrons. The van der Waals surface area contributed by atoms with Crippen molar-refractivity contribution < 1.29 is 9.90 Å². The van der Waals surface area contributed by atoms with Crippen LogP contribution in [0.25, 0.3) is 0 Å². The van der Waals surface area contributed by atoms with Crippen LogP contribution in [0.1, 0.15) is 13.3 Å². The van der Waals surface area contributed by atoms with Gasteiger partial charge in [-0.2, -0.15) is 5.26 Å². The van der Waals surface area contributed by atoms with Gasteiger partial charge in [0.15, 0.2) is 0 Å². The maximum Gasteiger partial charge on any atom is 0.346 e. The molecule has 3 heteroatoms. The number of carbonyl (C=O) groups is 1. The number of nitrogens with zero attached hydrogens (tertiary/aromatic N) is 1. The Labute approximate surface area is 53.2 Å². The summed E-state index contributed by atoms with van der Waals surface area (Å²) in [6, 6.07) is 1.56. The minimum absolute atomic E-state index is 0.183. The van der Waals surface area contributed by atoms with E-state index >= 15 is 0 Å². The number of hydrogen-bond acceptors (Lipinski definition) is 2. The molecule has 0 spiro atoms. The molecule has 0 aliphatic rings. The molecular formula is C6H7NO2.